The lowest BCUT2D eigenvalue weighted by molar-refractivity contribution is 0.865. The van der Waals surface area contributed by atoms with Crippen LogP contribution < -0.4 is 0 Å². The Kier molecular flexibility index (Phi) is 4.31. The summed E-state index contributed by atoms with van der Waals surface area (Å²) in [6.07, 6.45) is 0.817. The van der Waals surface area contributed by atoms with Crippen LogP contribution in [0.3, 0.4) is 0 Å². The van der Waals surface area contributed by atoms with Gasteiger partial charge >= 0.3 is 0 Å². The van der Waals surface area contributed by atoms with Crippen LogP contribution in [0.2, 0.25) is 10.0 Å². The zero-order valence-electron chi connectivity index (χ0n) is 10.6. The van der Waals surface area contributed by atoms with Gasteiger partial charge in [0.05, 0.1) is 10.0 Å². The third kappa shape index (κ3) is 3.07. The molecular weight excluding hydrogens is 263 g/mol. The van der Waals surface area contributed by atoms with Gasteiger partial charge in [0.15, 0.2) is 0 Å². The van der Waals surface area contributed by atoms with Crippen molar-refractivity contribution in [1.82, 2.24) is 0 Å². The first-order valence-electron chi connectivity index (χ1n) is 6.09. The summed E-state index contributed by atoms with van der Waals surface area (Å²) in [4.78, 5) is 0. The molecule has 0 amide bonds. The summed E-state index contributed by atoms with van der Waals surface area (Å²) in [7, 11) is 0. The molecule has 0 nitrogen and oxygen atoms in total. The van der Waals surface area contributed by atoms with Gasteiger partial charge in [-0.1, -0.05) is 73.4 Å². The minimum absolute atomic E-state index is 0.564. The van der Waals surface area contributed by atoms with E-state index < -0.39 is 0 Å². The van der Waals surface area contributed by atoms with Crippen LogP contribution in [0.5, 0.6) is 0 Å². The number of rotatable bonds is 3. The summed E-state index contributed by atoms with van der Waals surface area (Å²) in [5.41, 5.74) is 3.68. The van der Waals surface area contributed by atoms with Gasteiger partial charge in [0.25, 0.3) is 0 Å². The molecule has 0 spiro atoms. The van der Waals surface area contributed by atoms with Crippen molar-refractivity contribution in [3.63, 3.8) is 0 Å². The van der Waals surface area contributed by atoms with Crippen LogP contribution in [0, 0.1) is 0 Å². The maximum Gasteiger partial charge on any atom is 0.0627 e. The normalized spacial score (nSPS) is 10.9. The van der Waals surface area contributed by atoms with Crippen LogP contribution in [0.15, 0.2) is 42.5 Å². The van der Waals surface area contributed by atoms with Gasteiger partial charge in [0, 0.05) is 0 Å². The second-order valence-electron chi connectivity index (χ2n) is 4.79. The Morgan fingerprint density at radius 2 is 1.61 bits per heavy atom. The highest BCUT2D eigenvalue weighted by Crippen LogP contribution is 2.27. The van der Waals surface area contributed by atoms with Crippen molar-refractivity contribution in [3.05, 3.63) is 69.2 Å². The smallest absolute Gasteiger partial charge is 0.0627 e. The van der Waals surface area contributed by atoms with E-state index in [0.29, 0.717) is 16.0 Å². The first kappa shape index (κ1) is 13.5. The van der Waals surface area contributed by atoms with E-state index in [0.717, 1.165) is 12.0 Å². The topological polar surface area (TPSA) is 0 Å². The van der Waals surface area contributed by atoms with E-state index in [9.17, 15) is 0 Å². The number of hydrogen-bond donors (Lipinski definition) is 0. The molecule has 0 aliphatic rings. The Labute approximate surface area is 119 Å². The summed E-state index contributed by atoms with van der Waals surface area (Å²) in [6.45, 7) is 4.39. The van der Waals surface area contributed by atoms with Crippen molar-refractivity contribution in [2.75, 3.05) is 0 Å². The fourth-order valence-electron chi connectivity index (χ4n) is 1.93. The fourth-order valence-corrected chi connectivity index (χ4v) is 2.31. The van der Waals surface area contributed by atoms with Gasteiger partial charge in [-0.15, -0.1) is 0 Å². The van der Waals surface area contributed by atoms with E-state index in [1.54, 1.807) is 0 Å². The van der Waals surface area contributed by atoms with Crippen molar-refractivity contribution < 1.29 is 0 Å². The molecule has 0 aliphatic carbocycles. The Balaban J connectivity index is 2.21. The quantitative estimate of drug-likeness (QED) is 0.675. The highest BCUT2D eigenvalue weighted by atomic mass is 35.5. The Morgan fingerprint density at radius 1 is 0.944 bits per heavy atom. The van der Waals surface area contributed by atoms with Crippen LogP contribution >= 0.6 is 23.2 Å². The van der Waals surface area contributed by atoms with E-state index in [1.165, 1.54) is 11.1 Å². The van der Waals surface area contributed by atoms with Gasteiger partial charge in [0.1, 0.15) is 0 Å². The van der Waals surface area contributed by atoms with Gasteiger partial charge in [0.2, 0.25) is 0 Å². The average Bonchev–Trinajstić information content (AvgIpc) is 2.36. The zero-order valence-corrected chi connectivity index (χ0v) is 12.1. The van der Waals surface area contributed by atoms with Crippen molar-refractivity contribution in [2.45, 2.75) is 26.2 Å². The molecule has 2 rings (SSSR count). The molecular formula is C16H16Cl2. The second-order valence-corrected chi connectivity index (χ2v) is 5.57. The lowest BCUT2D eigenvalue weighted by Gasteiger charge is -2.08. The minimum atomic E-state index is 0.564. The zero-order chi connectivity index (χ0) is 13.1. The standard InChI is InChI=1S/C16H16Cl2/c1-11(2)13-8-6-12(7-9-13)10-14-4-3-5-15(17)16(14)18/h3-9,11H,10H2,1-2H3. The number of halogens is 2. The summed E-state index contributed by atoms with van der Waals surface area (Å²) < 4.78 is 0. The SMILES string of the molecule is CC(C)c1ccc(Cc2cccc(Cl)c2Cl)cc1. The number of benzene rings is 2. The molecule has 18 heavy (non-hydrogen) atoms. The summed E-state index contributed by atoms with van der Waals surface area (Å²) in [5, 5.41) is 1.28. The third-order valence-corrected chi connectivity index (χ3v) is 3.93. The van der Waals surface area contributed by atoms with Gasteiger partial charge in [-0.2, -0.15) is 0 Å². The molecule has 0 aliphatic heterocycles. The molecule has 0 bridgehead atoms. The molecule has 0 unspecified atom stereocenters. The maximum absolute atomic E-state index is 6.19. The summed E-state index contributed by atoms with van der Waals surface area (Å²) >= 11 is 12.2. The van der Waals surface area contributed by atoms with Crippen molar-refractivity contribution in [3.8, 4) is 0 Å². The largest absolute Gasteiger partial charge is 0.0827 e. The van der Waals surface area contributed by atoms with Crippen molar-refractivity contribution in [2.24, 2.45) is 0 Å². The van der Waals surface area contributed by atoms with E-state index >= 15 is 0 Å². The van der Waals surface area contributed by atoms with Gasteiger partial charge < -0.3 is 0 Å². The van der Waals surface area contributed by atoms with E-state index in [-0.39, 0.29) is 0 Å². The molecule has 0 radical (unpaired) electrons. The van der Waals surface area contributed by atoms with Crippen LogP contribution in [-0.4, -0.2) is 0 Å². The van der Waals surface area contributed by atoms with Gasteiger partial charge in [-0.05, 0) is 35.1 Å². The fraction of sp³-hybridized carbons (Fsp3) is 0.250. The Hall–Kier alpha value is -0.980. The lowest BCUT2D eigenvalue weighted by atomic mass is 9.99. The second kappa shape index (κ2) is 5.77. The highest BCUT2D eigenvalue weighted by molar-refractivity contribution is 6.42. The molecule has 2 aromatic carbocycles. The lowest BCUT2D eigenvalue weighted by Crippen LogP contribution is -1.92. The van der Waals surface area contributed by atoms with Crippen molar-refractivity contribution in [1.29, 1.82) is 0 Å². The molecule has 2 aromatic rings. The molecule has 2 heteroatoms. The first-order chi connectivity index (χ1) is 8.58. The Morgan fingerprint density at radius 3 is 2.22 bits per heavy atom. The Bertz CT molecular complexity index is 527. The predicted octanol–water partition coefficient (Wildman–Crippen LogP) is 5.71. The van der Waals surface area contributed by atoms with Crippen LogP contribution in [0.25, 0.3) is 0 Å². The van der Waals surface area contributed by atoms with E-state index in [1.807, 2.05) is 18.2 Å². The molecule has 0 fully saturated rings. The molecule has 0 saturated carbocycles. The highest BCUT2D eigenvalue weighted by Gasteiger charge is 2.05. The van der Waals surface area contributed by atoms with Crippen LogP contribution in [0.4, 0.5) is 0 Å². The molecule has 0 saturated heterocycles. The first-order valence-corrected chi connectivity index (χ1v) is 6.85. The van der Waals surface area contributed by atoms with Crippen LogP contribution in [-0.2, 0) is 6.42 Å². The molecule has 0 N–H and O–H groups in total. The van der Waals surface area contributed by atoms with Crippen molar-refractivity contribution >= 4 is 23.2 Å². The maximum atomic E-state index is 6.19. The molecule has 0 aromatic heterocycles. The summed E-state index contributed by atoms with van der Waals surface area (Å²) in [6, 6.07) is 14.4. The van der Waals surface area contributed by atoms with E-state index in [2.05, 4.69) is 38.1 Å². The average molecular weight is 279 g/mol. The predicted molar refractivity (Wildman–Crippen MR) is 79.8 cm³/mol. The molecule has 94 valence electrons. The van der Waals surface area contributed by atoms with Gasteiger partial charge in [-0.25, -0.2) is 0 Å². The molecule has 0 atom stereocenters. The minimum Gasteiger partial charge on any atom is -0.0827 e. The monoisotopic (exact) mass is 278 g/mol. The molecule has 0 heterocycles. The summed E-state index contributed by atoms with van der Waals surface area (Å²) in [5.74, 6) is 0.564. The van der Waals surface area contributed by atoms with E-state index in [4.69, 9.17) is 23.2 Å². The van der Waals surface area contributed by atoms with Gasteiger partial charge in [-0.3, -0.25) is 0 Å². The third-order valence-electron chi connectivity index (χ3n) is 3.07. The number of hydrogen-bond acceptors (Lipinski definition) is 0. The van der Waals surface area contributed by atoms with Crippen LogP contribution in [0.1, 0.15) is 36.5 Å².